The van der Waals surface area contributed by atoms with E-state index >= 15 is 0 Å². The van der Waals surface area contributed by atoms with Gasteiger partial charge in [0.25, 0.3) is 0 Å². The van der Waals surface area contributed by atoms with Crippen molar-refractivity contribution in [2.45, 2.75) is 6.92 Å². The lowest BCUT2D eigenvalue weighted by Gasteiger charge is -2.04. The van der Waals surface area contributed by atoms with Crippen molar-refractivity contribution in [1.29, 1.82) is 0 Å². The molecular weight excluding hydrogens is 411 g/mol. The van der Waals surface area contributed by atoms with Crippen molar-refractivity contribution in [3.05, 3.63) is 71.4 Å². The fourth-order valence-corrected chi connectivity index (χ4v) is 3.64. The largest absolute Gasteiger partial charge is 0.309 e. The van der Waals surface area contributed by atoms with Crippen molar-refractivity contribution in [1.82, 2.24) is 14.8 Å². The van der Waals surface area contributed by atoms with Crippen molar-refractivity contribution >= 4 is 34.7 Å². The second-order valence-electron chi connectivity index (χ2n) is 6.40. The van der Waals surface area contributed by atoms with Gasteiger partial charge in [0.05, 0.1) is 11.4 Å². The van der Waals surface area contributed by atoms with Gasteiger partial charge in [-0.3, -0.25) is 4.79 Å². The Balaban J connectivity index is 1.74. The first-order valence-electron chi connectivity index (χ1n) is 8.78. The third kappa shape index (κ3) is 4.21. The summed E-state index contributed by atoms with van der Waals surface area (Å²) in [4.78, 5) is 16.5. The molecule has 0 fully saturated rings. The summed E-state index contributed by atoms with van der Waals surface area (Å²) in [5.41, 5.74) is 4.27. The Morgan fingerprint density at radius 3 is 2.45 bits per heavy atom. The van der Waals surface area contributed by atoms with Crippen LogP contribution in [0.15, 0.2) is 60.0 Å². The molecule has 0 saturated heterocycles. The first kappa shape index (κ1) is 19.3. The van der Waals surface area contributed by atoms with Gasteiger partial charge in [-0.05, 0) is 31.2 Å². The third-order valence-electron chi connectivity index (χ3n) is 4.26. The standard InChI is InChI=1S/C21H16ClFN4OS/c1-13-2-4-14(5-3-13)17-10-19(25-20(28)11-22)27(26-17)21-24-18(12-29-21)15-6-8-16(23)9-7-15/h2-10,12H,11H2,1H3,(H,25,28). The molecule has 8 heteroatoms. The van der Waals surface area contributed by atoms with Gasteiger partial charge in [-0.2, -0.15) is 9.78 Å². The molecule has 0 atom stereocenters. The van der Waals surface area contributed by atoms with E-state index in [0.717, 1.165) is 16.7 Å². The maximum atomic E-state index is 13.2. The van der Waals surface area contributed by atoms with Gasteiger partial charge in [0.15, 0.2) is 0 Å². The second-order valence-corrected chi connectivity index (χ2v) is 7.50. The van der Waals surface area contributed by atoms with Gasteiger partial charge in [-0.1, -0.05) is 29.8 Å². The van der Waals surface area contributed by atoms with E-state index in [-0.39, 0.29) is 17.6 Å². The van der Waals surface area contributed by atoms with Gasteiger partial charge < -0.3 is 5.32 Å². The maximum Gasteiger partial charge on any atom is 0.240 e. The number of amides is 1. The van der Waals surface area contributed by atoms with Gasteiger partial charge in [0, 0.05) is 22.6 Å². The highest BCUT2D eigenvalue weighted by atomic mass is 35.5. The lowest BCUT2D eigenvalue weighted by Crippen LogP contribution is -2.15. The van der Waals surface area contributed by atoms with Gasteiger partial charge in [-0.25, -0.2) is 9.37 Å². The first-order chi connectivity index (χ1) is 14.0. The zero-order valence-corrected chi connectivity index (χ0v) is 17.0. The van der Waals surface area contributed by atoms with E-state index in [2.05, 4.69) is 15.4 Å². The number of carbonyl (C=O) groups excluding carboxylic acids is 1. The number of benzene rings is 2. The summed E-state index contributed by atoms with van der Waals surface area (Å²) in [7, 11) is 0. The molecule has 29 heavy (non-hydrogen) atoms. The fraction of sp³-hybridized carbons (Fsp3) is 0.0952. The summed E-state index contributed by atoms with van der Waals surface area (Å²) in [5.74, 6) is -0.320. The van der Waals surface area contributed by atoms with E-state index in [4.69, 9.17) is 11.6 Å². The number of thiazole rings is 1. The van der Waals surface area contributed by atoms with Crippen molar-refractivity contribution < 1.29 is 9.18 Å². The lowest BCUT2D eigenvalue weighted by molar-refractivity contribution is -0.114. The van der Waals surface area contributed by atoms with Gasteiger partial charge in [-0.15, -0.1) is 22.9 Å². The number of nitrogens with one attached hydrogen (secondary N) is 1. The normalized spacial score (nSPS) is 10.9. The number of anilines is 1. The molecule has 5 nitrogen and oxygen atoms in total. The van der Waals surface area contributed by atoms with Crippen LogP contribution in [0.2, 0.25) is 0 Å². The van der Waals surface area contributed by atoms with Gasteiger partial charge in [0.1, 0.15) is 17.5 Å². The minimum absolute atomic E-state index is 0.163. The summed E-state index contributed by atoms with van der Waals surface area (Å²) in [6.07, 6.45) is 0. The van der Waals surface area contributed by atoms with Crippen molar-refractivity contribution in [2.75, 3.05) is 11.2 Å². The number of aromatic nitrogens is 3. The van der Waals surface area contributed by atoms with Crippen LogP contribution in [0.4, 0.5) is 10.2 Å². The Morgan fingerprint density at radius 1 is 1.10 bits per heavy atom. The molecule has 1 N–H and O–H groups in total. The van der Waals surface area contributed by atoms with Gasteiger partial charge in [0.2, 0.25) is 11.0 Å². The zero-order valence-electron chi connectivity index (χ0n) is 15.4. The number of aryl methyl sites for hydroxylation is 1. The van der Waals surface area contributed by atoms with Crippen LogP contribution in [-0.2, 0) is 4.79 Å². The molecule has 2 aromatic heterocycles. The van der Waals surface area contributed by atoms with Crippen LogP contribution in [0.5, 0.6) is 0 Å². The van der Waals surface area contributed by atoms with Crippen LogP contribution in [0, 0.1) is 12.7 Å². The molecule has 0 aliphatic rings. The highest BCUT2D eigenvalue weighted by Gasteiger charge is 2.16. The minimum Gasteiger partial charge on any atom is -0.309 e. The fourth-order valence-electron chi connectivity index (χ4n) is 2.77. The first-order valence-corrected chi connectivity index (χ1v) is 10.2. The topological polar surface area (TPSA) is 59.8 Å². The number of alkyl halides is 1. The molecule has 0 saturated carbocycles. The summed E-state index contributed by atoms with van der Waals surface area (Å²) < 4.78 is 14.8. The van der Waals surface area contributed by atoms with E-state index in [1.54, 1.807) is 22.9 Å². The van der Waals surface area contributed by atoms with E-state index in [1.165, 1.54) is 23.5 Å². The van der Waals surface area contributed by atoms with Crippen molar-refractivity contribution in [3.63, 3.8) is 0 Å². The highest BCUT2D eigenvalue weighted by molar-refractivity contribution is 7.12. The summed E-state index contributed by atoms with van der Waals surface area (Å²) in [5, 5.41) is 9.84. The molecule has 0 radical (unpaired) electrons. The molecule has 2 heterocycles. The molecular formula is C21H16ClFN4OS. The van der Waals surface area contributed by atoms with E-state index in [1.807, 2.05) is 36.6 Å². The van der Waals surface area contributed by atoms with E-state index in [0.29, 0.717) is 22.3 Å². The Hall–Kier alpha value is -3.03. The third-order valence-corrected chi connectivity index (χ3v) is 5.32. The molecule has 2 aromatic carbocycles. The summed E-state index contributed by atoms with van der Waals surface area (Å²) in [6, 6.07) is 15.9. The van der Waals surface area contributed by atoms with Crippen LogP contribution in [-0.4, -0.2) is 26.6 Å². The quantitative estimate of drug-likeness (QED) is 0.441. The van der Waals surface area contributed by atoms with Gasteiger partial charge >= 0.3 is 0 Å². The number of halogens is 2. The Kier molecular flexibility index (Phi) is 5.42. The van der Waals surface area contributed by atoms with Crippen LogP contribution in [0.25, 0.3) is 27.6 Å². The molecule has 1 amide bonds. The number of carbonyl (C=O) groups is 1. The highest BCUT2D eigenvalue weighted by Crippen LogP contribution is 2.29. The minimum atomic E-state index is -0.335. The van der Waals surface area contributed by atoms with E-state index in [9.17, 15) is 9.18 Å². The lowest BCUT2D eigenvalue weighted by atomic mass is 10.1. The van der Waals surface area contributed by atoms with E-state index < -0.39 is 0 Å². The predicted molar refractivity (Wildman–Crippen MR) is 114 cm³/mol. The Morgan fingerprint density at radius 2 is 1.76 bits per heavy atom. The molecule has 146 valence electrons. The Labute approximate surface area is 175 Å². The van der Waals surface area contributed by atoms with Crippen molar-refractivity contribution in [3.8, 4) is 27.6 Å². The number of hydrogen-bond acceptors (Lipinski definition) is 4. The van der Waals surface area contributed by atoms with Crippen molar-refractivity contribution in [2.24, 2.45) is 0 Å². The SMILES string of the molecule is Cc1ccc(-c2cc(NC(=O)CCl)n(-c3nc(-c4ccc(F)cc4)cs3)n2)cc1. The van der Waals surface area contributed by atoms with Crippen LogP contribution < -0.4 is 5.32 Å². The molecule has 0 aliphatic heterocycles. The summed E-state index contributed by atoms with van der Waals surface area (Å²) in [6.45, 7) is 2.01. The smallest absolute Gasteiger partial charge is 0.240 e. The molecule has 0 spiro atoms. The average Bonchev–Trinajstić information content (AvgIpc) is 3.36. The molecule has 0 unspecified atom stereocenters. The average molecular weight is 427 g/mol. The monoisotopic (exact) mass is 426 g/mol. The predicted octanol–water partition coefficient (Wildman–Crippen LogP) is 5.29. The number of rotatable bonds is 5. The molecule has 4 aromatic rings. The maximum absolute atomic E-state index is 13.2. The Bertz CT molecular complexity index is 1150. The molecule has 0 bridgehead atoms. The second kappa shape index (κ2) is 8.14. The van der Waals surface area contributed by atoms with Crippen LogP contribution in [0.1, 0.15) is 5.56 Å². The summed E-state index contributed by atoms with van der Waals surface area (Å²) >= 11 is 7.03. The molecule has 0 aliphatic carbocycles. The van der Waals surface area contributed by atoms with Crippen LogP contribution in [0.3, 0.4) is 0 Å². The number of hydrogen-bond donors (Lipinski definition) is 1. The van der Waals surface area contributed by atoms with Crippen LogP contribution >= 0.6 is 22.9 Å². The zero-order chi connectivity index (χ0) is 20.4. The molecule has 4 rings (SSSR count). The number of nitrogens with zero attached hydrogens (tertiary/aromatic N) is 3.